The Morgan fingerprint density at radius 2 is 2.10 bits per heavy atom. The van der Waals surface area contributed by atoms with E-state index in [0.29, 0.717) is 44.2 Å². The molecule has 3 rings (SSSR count). The second kappa shape index (κ2) is 11.4. The van der Waals surface area contributed by atoms with E-state index in [1.54, 1.807) is 10.6 Å². The molecule has 1 aromatic heterocycles. The van der Waals surface area contributed by atoms with Gasteiger partial charge in [0.1, 0.15) is 5.82 Å². The first-order valence-corrected chi connectivity index (χ1v) is 11.1. The zero-order valence-corrected chi connectivity index (χ0v) is 18.4. The molecule has 8 heteroatoms. The van der Waals surface area contributed by atoms with Crippen molar-refractivity contribution in [3.8, 4) is 11.5 Å². The number of amides is 1. The third-order valence-electron chi connectivity index (χ3n) is 5.03. The molecule has 2 heterocycles. The highest BCUT2D eigenvalue weighted by Gasteiger charge is 2.16. The third-order valence-corrected chi connectivity index (χ3v) is 5.03. The minimum absolute atomic E-state index is 0.0441. The van der Waals surface area contributed by atoms with Crippen molar-refractivity contribution in [3.05, 3.63) is 46.1 Å². The van der Waals surface area contributed by atoms with Crippen molar-refractivity contribution in [2.24, 2.45) is 0 Å². The minimum atomic E-state index is -0.180. The SMILES string of the molecule is CCCOc1ccc(C=CC(=O)NCCCn2nc3n(c2=O)CCCC3)cc1OCC. The lowest BCUT2D eigenvalue weighted by Crippen LogP contribution is -2.28. The normalized spacial score (nSPS) is 13.2. The second-order valence-electron chi connectivity index (χ2n) is 7.50. The number of hydrogen-bond donors (Lipinski definition) is 1. The number of hydrogen-bond acceptors (Lipinski definition) is 5. The van der Waals surface area contributed by atoms with E-state index < -0.39 is 0 Å². The molecule has 31 heavy (non-hydrogen) atoms. The van der Waals surface area contributed by atoms with E-state index >= 15 is 0 Å². The topological polar surface area (TPSA) is 87.4 Å². The molecule has 1 aromatic carbocycles. The molecule has 0 radical (unpaired) electrons. The first-order chi connectivity index (χ1) is 15.1. The van der Waals surface area contributed by atoms with Gasteiger partial charge in [-0.3, -0.25) is 9.36 Å². The quantitative estimate of drug-likeness (QED) is 0.439. The molecule has 8 nitrogen and oxygen atoms in total. The number of ether oxygens (including phenoxy) is 2. The van der Waals surface area contributed by atoms with Crippen LogP contribution < -0.4 is 20.5 Å². The number of carbonyl (C=O) groups excluding carboxylic acids is 1. The first kappa shape index (κ1) is 22.7. The summed E-state index contributed by atoms with van der Waals surface area (Å²) in [6.45, 7) is 6.88. The molecule has 2 aromatic rings. The predicted octanol–water partition coefficient (Wildman–Crippen LogP) is 2.79. The molecule has 0 saturated carbocycles. The zero-order chi connectivity index (χ0) is 22.1. The first-order valence-electron chi connectivity index (χ1n) is 11.1. The fourth-order valence-electron chi connectivity index (χ4n) is 3.49. The Morgan fingerprint density at radius 3 is 2.87 bits per heavy atom. The van der Waals surface area contributed by atoms with Crippen LogP contribution >= 0.6 is 0 Å². The lowest BCUT2D eigenvalue weighted by Gasteiger charge is -2.12. The molecule has 0 aliphatic carbocycles. The summed E-state index contributed by atoms with van der Waals surface area (Å²) in [4.78, 5) is 24.4. The van der Waals surface area contributed by atoms with Crippen molar-refractivity contribution in [2.75, 3.05) is 19.8 Å². The van der Waals surface area contributed by atoms with Gasteiger partial charge in [0.05, 0.1) is 13.2 Å². The molecule has 1 aliphatic rings. The van der Waals surface area contributed by atoms with Crippen LogP contribution in [0.15, 0.2) is 29.1 Å². The summed E-state index contributed by atoms with van der Waals surface area (Å²) in [6.07, 6.45) is 7.79. The Hall–Kier alpha value is -3.03. The Labute approximate surface area is 182 Å². The van der Waals surface area contributed by atoms with E-state index in [-0.39, 0.29) is 11.6 Å². The van der Waals surface area contributed by atoms with Crippen molar-refractivity contribution in [2.45, 2.75) is 59.0 Å². The van der Waals surface area contributed by atoms with Crippen LogP contribution in [0.3, 0.4) is 0 Å². The number of carbonyl (C=O) groups is 1. The van der Waals surface area contributed by atoms with Crippen LogP contribution in [0.1, 0.15) is 50.9 Å². The van der Waals surface area contributed by atoms with Gasteiger partial charge in [0.2, 0.25) is 5.91 Å². The van der Waals surface area contributed by atoms with Gasteiger partial charge in [-0.05, 0) is 56.4 Å². The Morgan fingerprint density at radius 1 is 1.23 bits per heavy atom. The molecule has 1 amide bonds. The summed E-state index contributed by atoms with van der Waals surface area (Å²) in [6, 6.07) is 5.62. The molecular formula is C23H32N4O4. The van der Waals surface area contributed by atoms with Gasteiger partial charge < -0.3 is 14.8 Å². The van der Waals surface area contributed by atoms with Gasteiger partial charge in [-0.25, -0.2) is 9.48 Å². The second-order valence-corrected chi connectivity index (χ2v) is 7.50. The smallest absolute Gasteiger partial charge is 0.345 e. The van der Waals surface area contributed by atoms with Gasteiger partial charge in [0.25, 0.3) is 0 Å². The summed E-state index contributed by atoms with van der Waals surface area (Å²) in [7, 11) is 0. The fraction of sp³-hybridized carbons (Fsp3) is 0.522. The van der Waals surface area contributed by atoms with Gasteiger partial charge in [0.15, 0.2) is 11.5 Å². The molecule has 0 fully saturated rings. The maximum absolute atomic E-state index is 12.3. The molecule has 1 N–H and O–H groups in total. The molecule has 0 unspecified atom stereocenters. The molecular weight excluding hydrogens is 396 g/mol. The number of benzene rings is 1. The molecule has 1 aliphatic heterocycles. The minimum Gasteiger partial charge on any atom is -0.490 e. The fourth-order valence-corrected chi connectivity index (χ4v) is 3.49. The van der Waals surface area contributed by atoms with Crippen molar-refractivity contribution >= 4 is 12.0 Å². The summed E-state index contributed by atoms with van der Waals surface area (Å²) >= 11 is 0. The van der Waals surface area contributed by atoms with Gasteiger partial charge in [-0.15, -0.1) is 0 Å². The van der Waals surface area contributed by atoms with Crippen molar-refractivity contribution in [1.29, 1.82) is 0 Å². The number of aromatic nitrogens is 3. The van der Waals surface area contributed by atoms with Crippen LogP contribution in [-0.4, -0.2) is 40.0 Å². The lowest BCUT2D eigenvalue weighted by molar-refractivity contribution is -0.116. The summed E-state index contributed by atoms with van der Waals surface area (Å²) in [5.41, 5.74) is 0.815. The largest absolute Gasteiger partial charge is 0.490 e. The van der Waals surface area contributed by atoms with Crippen LogP contribution in [0.5, 0.6) is 11.5 Å². The maximum Gasteiger partial charge on any atom is 0.345 e. The van der Waals surface area contributed by atoms with E-state index in [9.17, 15) is 9.59 Å². The Bertz CT molecular complexity index is 961. The number of nitrogens with zero attached hydrogens (tertiary/aromatic N) is 3. The summed E-state index contributed by atoms with van der Waals surface area (Å²) in [5, 5.41) is 7.26. The number of aryl methyl sites for hydroxylation is 2. The van der Waals surface area contributed by atoms with Crippen LogP contribution in [0.2, 0.25) is 0 Å². The maximum atomic E-state index is 12.3. The Balaban J connectivity index is 1.47. The lowest BCUT2D eigenvalue weighted by atomic mass is 10.2. The van der Waals surface area contributed by atoms with Gasteiger partial charge in [-0.2, -0.15) is 5.10 Å². The third kappa shape index (κ3) is 6.23. The van der Waals surface area contributed by atoms with Gasteiger partial charge in [-0.1, -0.05) is 13.0 Å². The molecule has 0 atom stereocenters. The molecule has 168 valence electrons. The summed E-state index contributed by atoms with van der Waals surface area (Å²) in [5.74, 6) is 2.08. The standard InChI is InChI=1S/C23H32N4O4/c1-3-16-31-19-11-9-18(17-20(19)30-4-2)10-12-22(28)24-13-7-15-27-23(29)26-14-6-5-8-21(26)25-27/h9-12,17H,3-8,13-16H2,1-2H3,(H,24,28). The predicted molar refractivity (Wildman–Crippen MR) is 119 cm³/mol. The number of fused-ring (bicyclic) bond motifs is 1. The van der Waals surface area contributed by atoms with E-state index in [1.807, 2.05) is 25.1 Å². The van der Waals surface area contributed by atoms with Gasteiger partial charge >= 0.3 is 5.69 Å². The monoisotopic (exact) mass is 428 g/mol. The van der Waals surface area contributed by atoms with Crippen LogP contribution in [0, 0.1) is 0 Å². The molecule has 0 bridgehead atoms. The zero-order valence-electron chi connectivity index (χ0n) is 18.4. The number of nitrogens with one attached hydrogen (secondary N) is 1. The van der Waals surface area contributed by atoms with Crippen LogP contribution in [0.25, 0.3) is 6.08 Å². The number of rotatable bonds is 11. The van der Waals surface area contributed by atoms with Crippen molar-refractivity contribution < 1.29 is 14.3 Å². The molecule has 0 saturated heterocycles. The highest BCUT2D eigenvalue weighted by molar-refractivity contribution is 5.91. The average Bonchev–Trinajstić information content (AvgIpc) is 3.10. The van der Waals surface area contributed by atoms with Gasteiger partial charge in [0, 0.05) is 32.1 Å². The Kier molecular flexibility index (Phi) is 8.32. The van der Waals surface area contributed by atoms with Crippen LogP contribution in [0.4, 0.5) is 0 Å². The van der Waals surface area contributed by atoms with Crippen molar-refractivity contribution in [3.63, 3.8) is 0 Å². The van der Waals surface area contributed by atoms with E-state index in [1.165, 1.54) is 10.8 Å². The highest BCUT2D eigenvalue weighted by Crippen LogP contribution is 2.29. The van der Waals surface area contributed by atoms with E-state index in [2.05, 4.69) is 17.3 Å². The molecule has 0 spiro atoms. The highest BCUT2D eigenvalue weighted by atomic mass is 16.5. The van der Waals surface area contributed by atoms with Crippen molar-refractivity contribution in [1.82, 2.24) is 19.7 Å². The van der Waals surface area contributed by atoms with E-state index in [0.717, 1.165) is 43.6 Å². The summed E-state index contributed by atoms with van der Waals surface area (Å²) < 4.78 is 14.6. The van der Waals surface area contributed by atoms with E-state index in [4.69, 9.17) is 9.47 Å². The van der Waals surface area contributed by atoms with Crippen LogP contribution in [-0.2, 0) is 24.3 Å². The average molecular weight is 429 g/mol.